The molecule has 0 saturated heterocycles. The summed E-state index contributed by atoms with van der Waals surface area (Å²) in [5.74, 6) is 0.0285. The summed E-state index contributed by atoms with van der Waals surface area (Å²) in [6, 6.07) is 2.89. The molecule has 2 heterocycles. The van der Waals surface area contributed by atoms with Crippen LogP contribution >= 0.6 is 0 Å². The van der Waals surface area contributed by atoms with Gasteiger partial charge in [-0.25, -0.2) is 4.39 Å². The van der Waals surface area contributed by atoms with Crippen molar-refractivity contribution < 1.29 is 14.2 Å². The minimum Gasteiger partial charge on any atom is -0.495 e. The number of hydrogen-bond acceptors (Lipinski definition) is 4. The highest BCUT2D eigenvalue weighted by Crippen LogP contribution is 2.30. The second-order valence-electron chi connectivity index (χ2n) is 4.08. The summed E-state index contributed by atoms with van der Waals surface area (Å²) >= 11 is 0. The Bertz CT molecular complexity index is 558. The van der Waals surface area contributed by atoms with Crippen LogP contribution in [-0.4, -0.2) is 22.2 Å². The first kappa shape index (κ1) is 12.4. The van der Waals surface area contributed by atoms with E-state index in [1.54, 1.807) is 13.0 Å². The molecule has 0 aliphatic carbocycles. The van der Waals surface area contributed by atoms with Crippen molar-refractivity contribution >= 4 is 0 Å². The molecule has 18 heavy (non-hydrogen) atoms. The van der Waals surface area contributed by atoms with Crippen molar-refractivity contribution in [3.8, 4) is 5.75 Å². The zero-order valence-corrected chi connectivity index (χ0v) is 10.1. The van der Waals surface area contributed by atoms with Gasteiger partial charge >= 0.3 is 0 Å². The zero-order valence-electron chi connectivity index (χ0n) is 10.1. The van der Waals surface area contributed by atoms with E-state index in [1.807, 2.05) is 0 Å². The van der Waals surface area contributed by atoms with Gasteiger partial charge in [0.15, 0.2) is 0 Å². The van der Waals surface area contributed by atoms with E-state index in [9.17, 15) is 9.50 Å². The molecule has 2 rings (SSSR count). The van der Waals surface area contributed by atoms with Crippen molar-refractivity contribution in [2.24, 2.45) is 0 Å². The van der Waals surface area contributed by atoms with Gasteiger partial charge in [-0.1, -0.05) is 0 Å². The summed E-state index contributed by atoms with van der Waals surface area (Å²) in [7, 11) is 1.51. The monoisotopic (exact) mass is 248 g/mol. The van der Waals surface area contributed by atoms with Crippen LogP contribution in [0.1, 0.15) is 18.1 Å². The number of rotatable bonds is 3. The van der Waals surface area contributed by atoms with Gasteiger partial charge in [0.05, 0.1) is 19.5 Å². The lowest BCUT2D eigenvalue weighted by Gasteiger charge is -2.24. The number of ether oxygens (including phenoxy) is 1. The van der Waals surface area contributed by atoms with E-state index in [1.165, 1.54) is 31.8 Å². The van der Waals surface area contributed by atoms with Gasteiger partial charge in [0.2, 0.25) is 0 Å². The molecule has 0 radical (unpaired) electrons. The SMILES string of the molecule is COc1cncc(C(C)(O)c2cncc(F)c2)c1. The Morgan fingerprint density at radius 2 is 1.72 bits per heavy atom. The molecule has 5 heteroatoms. The largest absolute Gasteiger partial charge is 0.495 e. The topological polar surface area (TPSA) is 55.2 Å². The minimum absolute atomic E-state index is 0.359. The van der Waals surface area contributed by atoms with Gasteiger partial charge in [0.1, 0.15) is 17.2 Å². The third kappa shape index (κ3) is 2.31. The predicted octanol–water partition coefficient (Wildman–Crippen LogP) is 1.88. The smallest absolute Gasteiger partial charge is 0.141 e. The maximum atomic E-state index is 13.1. The molecule has 4 nitrogen and oxygen atoms in total. The first-order valence-electron chi connectivity index (χ1n) is 5.37. The first-order valence-corrected chi connectivity index (χ1v) is 5.37. The van der Waals surface area contributed by atoms with Crippen molar-refractivity contribution in [1.82, 2.24) is 9.97 Å². The predicted molar refractivity (Wildman–Crippen MR) is 63.7 cm³/mol. The summed E-state index contributed by atoms with van der Waals surface area (Å²) in [4.78, 5) is 7.70. The Kier molecular flexibility index (Phi) is 3.25. The highest BCUT2D eigenvalue weighted by Gasteiger charge is 2.27. The number of nitrogens with zero attached hydrogens (tertiary/aromatic N) is 2. The number of aliphatic hydroxyl groups is 1. The maximum Gasteiger partial charge on any atom is 0.141 e. The Morgan fingerprint density at radius 3 is 2.33 bits per heavy atom. The average Bonchev–Trinajstić information content (AvgIpc) is 2.39. The fourth-order valence-corrected chi connectivity index (χ4v) is 1.64. The van der Waals surface area contributed by atoms with Gasteiger partial charge < -0.3 is 9.84 Å². The molecule has 0 spiro atoms. The van der Waals surface area contributed by atoms with E-state index < -0.39 is 11.4 Å². The lowest BCUT2D eigenvalue weighted by atomic mass is 9.90. The molecular weight excluding hydrogens is 235 g/mol. The van der Waals surface area contributed by atoms with Crippen LogP contribution in [0.2, 0.25) is 0 Å². The summed E-state index contributed by atoms with van der Waals surface area (Å²) < 4.78 is 18.2. The molecular formula is C13H13FN2O2. The van der Waals surface area contributed by atoms with Gasteiger partial charge in [-0.2, -0.15) is 0 Å². The third-order valence-electron chi connectivity index (χ3n) is 2.78. The molecule has 0 bridgehead atoms. The third-order valence-corrected chi connectivity index (χ3v) is 2.78. The normalized spacial score (nSPS) is 14.0. The number of pyridine rings is 2. The standard InChI is InChI=1S/C13H13FN2O2/c1-13(17,9-3-11(14)7-15-5-9)10-4-12(18-2)8-16-6-10/h3-8,17H,1-2H3. The minimum atomic E-state index is -1.38. The molecule has 1 atom stereocenters. The van der Waals surface area contributed by atoms with Gasteiger partial charge in [-0.05, 0) is 19.1 Å². The van der Waals surface area contributed by atoms with Crippen LogP contribution in [0, 0.1) is 5.82 Å². The van der Waals surface area contributed by atoms with Crippen molar-refractivity contribution in [1.29, 1.82) is 0 Å². The molecule has 0 aliphatic heterocycles. The van der Waals surface area contributed by atoms with E-state index in [0.717, 1.165) is 6.20 Å². The van der Waals surface area contributed by atoms with Crippen LogP contribution in [0.15, 0.2) is 36.9 Å². The molecule has 0 aromatic carbocycles. The van der Waals surface area contributed by atoms with Crippen LogP contribution in [-0.2, 0) is 5.60 Å². The lowest BCUT2D eigenvalue weighted by Crippen LogP contribution is -2.23. The summed E-state index contributed by atoms with van der Waals surface area (Å²) in [6.07, 6.45) is 5.54. The highest BCUT2D eigenvalue weighted by molar-refractivity contribution is 5.35. The Labute approximate surface area is 104 Å². The second kappa shape index (κ2) is 4.70. The fraction of sp³-hybridized carbons (Fsp3) is 0.231. The quantitative estimate of drug-likeness (QED) is 0.901. The second-order valence-corrected chi connectivity index (χ2v) is 4.08. The fourth-order valence-electron chi connectivity index (χ4n) is 1.64. The summed E-state index contributed by atoms with van der Waals surface area (Å²) in [5.41, 5.74) is -0.511. The molecule has 94 valence electrons. The number of hydrogen-bond donors (Lipinski definition) is 1. The lowest BCUT2D eigenvalue weighted by molar-refractivity contribution is 0.101. The molecule has 0 fully saturated rings. The Hall–Kier alpha value is -2.01. The van der Waals surface area contributed by atoms with Gasteiger partial charge in [-0.3, -0.25) is 9.97 Å². The summed E-state index contributed by atoms with van der Waals surface area (Å²) in [6.45, 7) is 1.56. The van der Waals surface area contributed by atoms with Crippen molar-refractivity contribution in [3.63, 3.8) is 0 Å². The van der Waals surface area contributed by atoms with E-state index >= 15 is 0 Å². The zero-order chi connectivity index (χ0) is 13.2. The van der Waals surface area contributed by atoms with E-state index in [-0.39, 0.29) is 0 Å². The number of aromatic nitrogens is 2. The first-order chi connectivity index (χ1) is 8.54. The van der Waals surface area contributed by atoms with Crippen LogP contribution < -0.4 is 4.74 Å². The van der Waals surface area contributed by atoms with Crippen LogP contribution in [0.25, 0.3) is 0 Å². The highest BCUT2D eigenvalue weighted by atomic mass is 19.1. The van der Waals surface area contributed by atoms with Gasteiger partial charge in [0, 0.05) is 23.5 Å². The van der Waals surface area contributed by atoms with E-state index in [0.29, 0.717) is 16.9 Å². The molecule has 1 unspecified atom stereocenters. The van der Waals surface area contributed by atoms with E-state index in [2.05, 4.69) is 9.97 Å². The van der Waals surface area contributed by atoms with Crippen LogP contribution in [0.4, 0.5) is 4.39 Å². The Morgan fingerprint density at radius 1 is 1.11 bits per heavy atom. The van der Waals surface area contributed by atoms with Crippen molar-refractivity contribution in [3.05, 3.63) is 53.9 Å². The molecule has 2 aromatic heterocycles. The molecule has 0 aliphatic rings. The summed E-state index contributed by atoms with van der Waals surface area (Å²) in [5, 5.41) is 10.5. The van der Waals surface area contributed by atoms with Crippen LogP contribution in [0.5, 0.6) is 5.75 Å². The molecule has 0 amide bonds. The molecule has 2 aromatic rings. The Balaban J connectivity index is 2.46. The van der Waals surface area contributed by atoms with E-state index in [4.69, 9.17) is 4.74 Å². The molecule has 1 N–H and O–H groups in total. The average molecular weight is 248 g/mol. The number of methoxy groups -OCH3 is 1. The number of halogens is 1. The van der Waals surface area contributed by atoms with Gasteiger partial charge in [0.25, 0.3) is 0 Å². The maximum absolute atomic E-state index is 13.1. The van der Waals surface area contributed by atoms with Gasteiger partial charge in [-0.15, -0.1) is 0 Å². The molecule has 0 saturated carbocycles. The van der Waals surface area contributed by atoms with Crippen LogP contribution in [0.3, 0.4) is 0 Å². The van der Waals surface area contributed by atoms with Crippen molar-refractivity contribution in [2.75, 3.05) is 7.11 Å². The van der Waals surface area contributed by atoms with Crippen molar-refractivity contribution in [2.45, 2.75) is 12.5 Å².